The van der Waals surface area contributed by atoms with Gasteiger partial charge in [-0.25, -0.2) is 0 Å². The van der Waals surface area contributed by atoms with Crippen molar-refractivity contribution in [3.05, 3.63) is 72.3 Å². The van der Waals surface area contributed by atoms with Crippen LogP contribution in [0.15, 0.2) is 66.7 Å². The molecular formula is C23H22N2O3. The van der Waals surface area contributed by atoms with Crippen molar-refractivity contribution in [2.24, 2.45) is 0 Å². The van der Waals surface area contributed by atoms with Crippen molar-refractivity contribution in [1.82, 2.24) is 4.90 Å². The van der Waals surface area contributed by atoms with Crippen LogP contribution in [0.1, 0.15) is 5.56 Å². The molecule has 5 nitrogen and oxygen atoms in total. The van der Waals surface area contributed by atoms with E-state index in [1.54, 1.807) is 25.1 Å². The smallest absolute Gasteiger partial charge is 0.265 e. The van der Waals surface area contributed by atoms with Crippen LogP contribution in [0.4, 0.5) is 5.69 Å². The number of amides is 2. The van der Waals surface area contributed by atoms with Gasteiger partial charge in [0, 0.05) is 14.1 Å². The van der Waals surface area contributed by atoms with Gasteiger partial charge in [0.05, 0.1) is 18.7 Å². The van der Waals surface area contributed by atoms with Gasteiger partial charge in [-0.05, 0) is 28.5 Å². The highest BCUT2D eigenvalue weighted by Crippen LogP contribution is 2.34. The quantitative estimate of drug-likeness (QED) is 0.707. The molecule has 142 valence electrons. The first-order valence-electron chi connectivity index (χ1n) is 9.28. The molecule has 1 aliphatic rings. The van der Waals surface area contributed by atoms with E-state index in [0.29, 0.717) is 11.4 Å². The fraction of sp³-hybridized carbons (Fsp3) is 0.217. The van der Waals surface area contributed by atoms with Crippen molar-refractivity contribution in [3.63, 3.8) is 0 Å². The number of ether oxygens (including phenoxy) is 1. The number of hydrogen-bond donors (Lipinski definition) is 0. The largest absolute Gasteiger partial charge is 0.476 e. The van der Waals surface area contributed by atoms with Gasteiger partial charge in [-0.15, -0.1) is 0 Å². The maximum atomic E-state index is 13.3. The standard InChI is InChI=1S/C23H22N2O3/c1-24(2)23(27)21-15-25(19-12-5-6-13-20(19)28-21)22(26)14-17-10-7-9-16-8-3-4-11-18(16)17/h3-13,21H,14-15H2,1-2H3/t21-/m0/s1. The normalized spacial score (nSPS) is 15.6. The number of hydrogen-bond acceptors (Lipinski definition) is 3. The van der Waals surface area contributed by atoms with E-state index in [1.807, 2.05) is 60.7 Å². The van der Waals surface area contributed by atoms with Gasteiger partial charge in [-0.3, -0.25) is 9.59 Å². The monoisotopic (exact) mass is 374 g/mol. The van der Waals surface area contributed by atoms with Crippen LogP contribution in [-0.2, 0) is 16.0 Å². The molecule has 4 rings (SSSR count). The molecule has 0 aliphatic carbocycles. The molecule has 0 spiro atoms. The summed E-state index contributed by atoms with van der Waals surface area (Å²) >= 11 is 0. The summed E-state index contributed by atoms with van der Waals surface area (Å²) < 4.78 is 5.87. The third kappa shape index (κ3) is 3.31. The predicted octanol–water partition coefficient (Wildman–Crippen LogP) is 3.26. The molecule has 1 heterocycles. The average Bonchev–Trinajstić information content (AvgIpc) is 2.72. The lowest BCUT2D eigenvalue weighted by Gasteiger charge is -2.35. The summed E-state index contributed by atoms with van der Waals surface area (Å²) in [6.07, 6.45) is -0.445. The molecule has 3 aromatic rings. The molecule has 5 heteroatoms. The Labute approximate surface area is 164 Å². The second-order valence-electron chi connectivity index (χ2n) is 7.13. The van der Waals surface area contributed by atoms with E-state index in [4.69, 9.17) is 4.74 Å². The van der Waals surface area contributed by atoms with Crippen LogP contribution in [0.5, 0.6) is 5.75 Å². The zero-order chi connectivity index (χ0) is 19.7. The lowest BCUT2D eigenvalue weighted by molar-refractivity contribution is -0.136. The minimum atomic E-state index is -0.707. The summed E-state index contributed by atoms with van der Waals surface area (Å²) in [5.41, 5.74) is 1.68. The fourth-order valence-electron chi connectivity index (χ4n) is 3.59. The minimum absolute atomic E-state index is 0.0522. The van der Waals surface area contributed by atoms with Gasteiger partial charge in [-0.1, -0.05) is 54.6 Å². The van der Waals surface area contributed by atoms with Crippen LogP contribution in [0, 0.1) is 0 Å². The van der Waals surface area contributed by atoms with E-state index in [1.165, 1.54) is 4.90 Å². The van der Waals surface area contributed by atoms with Crippen molar-refractivity contribution in [3.8, 4) is 5.75 Å². The van der Waals surface area contributed by atoms with E-state index in [9.17, 15) is 9.59 Å². The molecule has 0 bridgehead atoms. The van der Waals surface area contributed by atoms with Crippen molar-refractivity contribution in [2.45, 2.75) is 12.5 Å². The Morgan fingerprint density at radius 1 is 1.00 bits per heavy atom. The minimum Gasteiger partial charge on any atom is -0.476 e. The number of nitrogens with zero attached hydrogens (tertiary/aromatic N) is 2. The molecule has 0 N–H and O–H groups in total. The zero-order valence-corrected chi connectivity index (χ0v) is 16.0. The van der Waals surface area contributed by atoms with E-state index in [-0.39, 0.29) is 24.8 Å². The van der Waals surface area contributed by atoms with Gasteiger partial charge >= 0.3 is 0 Å². The van der Waals surface area contributed by atoms with Crippen molar-refractivity contribution < 1.29 is 14.3 Å². The average molecular weight is 374 g/mol. The van der Waals surface area contributed by atoms with E-state index < -0.39 is 6.10 Å². The highest BCUT2D eigenvalue weighted by Gasteiger charge is 2.34. The summed E-state index contributed by atoms with van der Waals surface area (Å²) in [7, 11) is 3.38. The summed E-state index contributed by atoms with van der Waals surface area (Å²) in [5, 5.41) is 2.18. The van der Waals surface area contributed by atoms with Crippen molar-refractivity contribution in [2.75, 3.05) is 25.5 Å². The first kappa shape index (κ1) is 18.0. The molecule has 0 saturated heterocycles. The number of carbonyl (C=O) groups is 2. The first-order valence-corrected chi connectivity index (χ1v) is 9.28. The molecule has 0 saturated carbocycles. The topological polar surface area (TPSA) is 49.9 Å². The first-order chi connectivity index (χ1) is 13.5. The van der Waals surface area contributed by atoms with Gasteiger partial charge in [0.2, 0.25) is 5.91 Å². The van der Waals surface area contributed by atoms with Crippen LogP contribution >= 0.6 is 0 Å². The number of para-hydroxylation sites is 2. The number of rotatable bonds is 3. The van der Waals surface area contributed by atoms with Crippen LogP contribution < -0.4 is 9.64 Å². The molecule has 1 atom stereocenters. The SMILES string of the molecule is CN(C)C(=O)[C@@H]1CN(C(=O)Cc2cccc3ccccc23)c2ccccc2O1. The van der Waals surface area contributed by atoms with Crippen LogP contribution in [0.25, 0.3) is 10.8 Å². The van der Waals surface area contributed by atoms with Gasteiger partial charge in [0.25, 0.3) is 5.91 Å². The highest BCUT2D eigenvalue weighted by atomic mass is 16.5. The molecule has 1 aliphatic heterocycles. The molecule has 28 heavy (non-hydrogen) atoms. The maximum Gasteiger partial charge on any atom is 0.265 e. The molecule has 0 fully saturated rings. The maximum absolute atomic E-state index is 13.3. The Balaban J connectivity index is 1.66. The Hall–Kier alpha value is -3.34. The van der Waals surface area contributed by atoms with E-state index in [0.717, 1.165) is 16.3 Å². The van der Waals surface area contributed by atoms with Crippen molar-refractivity contribution >= 4 is 28.3 Å². The predicted molar refractivity (Wildman–Crippen MR) is 110 cm³/mol. The third-order valence-corrected chi connectivity index (χ3v) is 5.01. The van der Waals surface area contributed by atoms with Gasteiger partial charge < -0.3 is 14.5 Å². The third-order valence-electron chi connectivity index (χ3n) is 5.01. The number of benzene rings is 3. The highest BCUT2D eigenvalue weighted by molar-refractivity contribution is 6.00. The summed E-state index contributed by atoms with van der Waals surface area (Å²) in [6, 6.07) is 21.4. The van der Waals surface area contributed by atoms with Crippen LogP contribution in [0.2, 0.25) is 0 Å². The Morgan fingerprint density at radius 3 is 2.54 bits per heavy atom. The summed E-state index contributed by atoms with van der Waals surface area (Å²) in [6.45, 7) is 0.206. The number of anilines is 1. The molecule has 0 unspecified atom stereocenters. The number of carbonyl (C=O) groups excluding carboxylic acids is 2. The molecule has 2 amide bonds. The second-order valence-corrected chi connectivity index (χ2v) is 7.13. The Morgan fingerprint density at radius 2 is 1.71 bits per heavy atom. The molecular weight excluding hydrogens is 352 g/mol. The summed E-state index contributed by atoms with van der Waals surface area (Å²) in [4.78, 5) is 28.9. The Kier molecular flexibility index (Phi) is 4.74. The summed E-state index contributed by atoms with van der Waals surface area (Å²) in [5.74, 6) is 0.348. The molecule has 3 aromatic carbocycles. The lowest BCUT2D eigenvalue weighted by atomic mass is 10.0. The molecule has 0 aromatic heterocycles. The number of fused-ring (bicyclic) bond motifs is 2. The zero-order valence-electron chi connectivity index (χ0n) is 16.0. The van der Waals surface area contributed by atoms with E-state index in [2.05, 4.69) is 0 Å². The van der Waals surface area contributed by atoms with E-state index >= 15 is 0 Å². The van der Waals surface area contributed by atoms with Crippen LogP contribution in [0.3, 0.4) is 0 Å². The van der Waals surface area contributed by atoms with Gasteiger partial charge in [-0.2, -0.15) is 0 Å². The van der Waals surface area contributed by atoms with Gasteiger partial charge in [0.15, 0.2) is 6.10 Å². The van der Waals surface area contributed by atoms with Gasteiger partial charge in [0.1, 0.15) is 5.75 Å². The second kappa shape index (κ2) is 7.35. The fourth-order valence-corrected chi connectivity index (χ4v) is 3.59. The number of likely N-dealkylation sites (N-methyl/N-ethyl adjacent to an activating group) is 1. The lowest BCUT2D eigenvalue weighted by Crippen LogP contribution is -2.50. The van der Waals surface area contributed by atoms with Crippen LogP contribution in [-0.4, -0.2) is 43.5 Å². The van der Waals surface area contributed by atoms with Crippen molar-refractivity contribution in [1.29, 1.82) is 0 Å². The Bertz CT molecular complexity index is 1040. The molecule has 0 radical (unpaired) electrons.